The van der Waals surface area contributed by atoms with Gasteiger partial charge in [0.2, 0.25) is 15.9 Å². The summed E-state index contributed by atoms with van der Waals surface area (Å²) in [6, 6.07) is 4.84. The monoisotopic (exact) mass is 369 g/mol. The lowest BCUT2D eigenvalue weighted by molar-refractivity contribution is -0.121. The molecule has 1 heterocycles. The molecule has 0 aliphatic carbocycles. The molecule has 0 atom stereocenters. The molecule has 0 radical (unpaired) electrons. The topological polar surface area (TPSA) is 79.4 Å². The van der Waals surface area contributed by atoms with E-state index in [-0.39, 0.29) is 17.3 Å². The van der Waals surface area contributed by atoms with Gasteiger partial charge in [0.05, 0.1) is 26.7 Å². The fourth-order valence-electron chi connectivity index (χ4n) is 2.20. The molecule has 0 aliphatic heterocycles. The van der Waals surface area contributed by atoms with Gasteiger partial charge in [0.1, 0.15) is 0 Å². The minimum absolute atomic E-state index is 0.177. The predicted octanol–water partition coefficient (Wildman–Crippen LogP) is 2.39. The Bertz CT molecular complexity index is 828. The first-order chi connectivity index (χ1) is 11.2. The third-order valence-electron chi connectivity index (χ3n) is 3.59. The SMILES string of the molecule is Cc1nc2ccc(S(=O)(=O)N(C)CC(=O)NCCC(C)C)cc2s1. The molecule has 24 heavy (non-hydrogen) atoms. The van der Waals surface area contributed by atoms with E-state index in [2.05, 4.69) is 24.1 Å². The number of carbonyl (C=O) groups is 1. The summed E-state index contributed by atoms with van der Waals surface area (Å²) in [4.78, 5) is 16.4. The van der Waals surface area contributed by atoms with Gasteiger partial charge < -0.3 is 5.32 Å². The summed E-state index contributed by atoms with van der Waals surface area (Å²) in [6.45, 7) is 6.38. The number of fused-ring (bicyclic) bond motifs is 1. The molecule has 132 valence electrons. The maximum absolute atomic E-state index is 12.6. The van der Waals surface area contributed by atoms with Crippen LogP contribution in [0.15, 0.2) is 23.1 Å². The fraction of sp³-hybridized carbons (Fsp3) is 0.500. The molecular weight excluding hydrogens is 346 g/mol. The number of rotatable bonds is 7. The third-order valence-corrected chi connectivity index (χ3v) is 6.32. The molecule has 1 N–H and O–H groups in total. The van der Waals surface area contributed by atoms with Crippen molar-refractivity contribution < 1.29 is 13.2 Å². The van der Waals surface area contributed by atoms with E-state index in [9.17, 15) is 13.2 Å². The summed E-state index contributed by atoms with van der Waals surface area (Å²) in [5, 5.41) is 3.63. The minimum atomic E-state index is -3.71. The molecule has 8 heteroatoms. The number of hydrogen-bond donors (Lipinski definition) is 1. The molecule has 0 saturated heterocycles. The molecule has 1 aromatic heterocycles. The molecule has 0 aliphatic rings. The van der Waals surface area contributed by atoms with Gasteiger partial charge in [-0.3, -0.25) is 4.79 Å². The highest BCUT2D eigenvalue weighted by Crippen LogP contribution is 2.25. The van der Waals surface area contributed by atoms with Crippen LogP contribution < -0.4 is 5.32 Å². The molecule has 1 amide bonds. The van der Waals surface area contributed by atoms with Crippen LogP contribution in [0.3, 0.4) is 0 Å². The second-order valence-corrected chi connectivity index (χ2v) is 9.44. The normalized spacial score (nSPS) is 12.2. The van der Waals surface area contributed by atoms with Gasteiger partial charge in [-0.2, -0.15) is 4.31 Å². The Balaban J connectivity index is 2.08. The van der Waals surface area contributed by atoms with Crippen molar-refractivity contribution in [1.82, 2.24) is 14.6 Å². The Labute approximate surface area is 146 Å². The number of likely N-dealkylation sites (N-methyl/N-ethyl adjacent to an activating group) is 1. The van der Waals surface area contributed by atoms with E-state index in [0.717, 1.165) is 26.0 Å². The van der Waals surface area contributed by atoms with Crippen molar-refractivity contribution in [3.05, 3.63) is 23.2 Å². The highest BCUT2D eigenvalue weighted by atomic mass is 32.2. The predicted molar refractivity (Wildman–Crippen MR) is 96.6 cm³/mol. The van der Waals surface area contributed by atoms with Crippen molar-refractivity contribution in [3.8, 4) is 0 Å². The Morgan fingerprint density at radius 3 is 2.75 bits per heavy atom. The van der Waals surface area contributed by atoms with Crippen LogP contribution in [-0.4, -0.2) is 43.8 Å². The van der Waals surface area contributed by atoms with Gasteiger partial charge in [-0.15, -0.1) is 11.3 Å². The summed E-state index contributed by atoms with van der Waals surface area (Å²) < 4.78 is 27.2. The van der Waals surface area contributed by atoms with Gasteiger partial charge in [0.25, 0.3) is 0 Å². The zero-order valence-electron chi connectivity index (χ0n) is 14.4. The number of nitrogens with zero attached hydrogens (tertiary/aromatic N) is 2. The molecule has 0 unspecified atom stereocenters. The lowest BCUT2D eigenvalue weighted by Gasteiger charge is -2.17. The average molecular weight is 370 g/mol. The summed E-state index contributed by atoms with van der Waals surface area (Å²) >= 11 is 1.45. The number of nitrogens with one attached hydrogen (secondary N) is 1. The van der Waals surface area contributed by atoms with Crippen LogP contribution >= 0.6 is 11.3 Å². The number of hydrogen-bond acceptors (Lipinski definition) is 5. The van der Waals surface area contributed by atoms with E-state index in [4.69, 9.17) is 0 Å². The van der Waals surface area contributed by atoms with Gasteiger partial charge in [-0.05, 0) is 37.5 Å². The largest absolute Gasteiger partial charge is 0.355 e. The number of aryl methyl sites for hydroxylation is 1. The molecule has 0 spiro atoms. The molecule has 6 nitrogen and oxygen atoms in total. The van der Waals surface area contributed by atoms with E-state index in [0.29, 0.717) is 12.5 Å². The van der Waals surface area contributed by atoms with Gasteiger partial charge >= 0.3 is 0 Å². The molecular formula is C16H23N3O3S2. The lowest BCUT2D eigenvalue weighted by atomic mass is 10.1. The quantitative estimate of drug-likeness (QED) is 0.813. The van der Waals surface area contributed by atoms with Crippen molar-refractivity contribution >= 4 is 37.5 Å². The first-order valence-electron chi connectivity index (χ1n) is 7.80. The first kappa shape index (κ1) is 18.8. The molecule has 1 aromatic carbocycles. The van der Waals surface area contributed by atoms with Crippen LogP contribution in [0.1, 0.15) is 25.3 Å². The van der Waals surface area contributed by atoms with Crippen LogP contribution in [0.5, 0.6) is 0 Å². The van der Waals surface area contributed by atoms with Crippen molar-refractivity contribution in [3.63, 3.8) is 0 Å². The molecule has 2 aromatic rings. The van der Waals surface area contributed by atoms with Gasteiger partial charge in [-0.1, -0.05) is 13.8 Å². The summed E-state index contributed by atoms with van der Waals surface area (Å²) in [7, 11) is -2.29. The average Bonchev–Trinajstić information content (AvgIpc) is 2.85. The molecule has 2 rings (SSSR count). The van der Waals surface area contributed by atoms with Crippen LogP contribution in [-0.2, 0) is 14.8 Å². The third kappa shape index (κ3) is 4.52. The van der Waals surface area contributed by atoms with E-state index in [1.54, 1.807) is 12.1 Å². The number of thiazole rings is 1. The maximum atomic E-state index is 12.6. The van der Waals surface area contributed by atoms with Gasteiger partial charge in [0.15, 0.2) is 0 Å². The minimum Gasteiger partial charge on any atom is -0.355 e. The van der Waals surface area contributed by atoms with Crippen molar-refractivity contribution in [2.24, 2.45) is 5.92 Å². The van der Waals surface area contributed by atoms with Crippen LogP contribution in [0, 0.1) is 12.8 Å². The van der Waals surface area contributed by atoms with Crippen LogP contribution in [0.25, 0.3) is 10.2 Å². The number of benzene rings is 1. The van der Waals surface area contributed by atoms with Crippen LogP contribution in [0.2, 0.25) is 0 Å². The van der Waals surface area contributed by atoms with Crippen molar-refractivity contribution in [2.75, 3.05) is 20.1 Å². The van der Waals surface area contributed by atoms with Crippen molar-refractivity contribution in [2.45, 2.75) is 32.1 Å². The highest BCUT2D eigenvalue weighted by molar-refractivity contribution is 7.89. The maximum Gasteiger partial charge on any atom is 0.243 e. The van der Waals surface area contributed by atoms with Crippen molar-refractivity contribution in [1.29, 1.82) is 0 Å². The number of amides is 1. The molecule has 0 fully saturated rings. The zero-order chi connectivity index (χ0) is 17.9. The first-order valence-corrected chi connectivity index (χ1v) is 10.1. The van der Waals surface area contributed by atoms with Gasteiger partial charge in [-0.25, -0.2) is 13.4 Å². The number of carbonyl (C=O) groups excluding carboxylic acids is 1. The van der Waals surface area contributed by atoms with E-state index < -0.39 is 10.0 Å². The van der Waals surface area contributed by atoms with E-state index in [1.807, 2.05) is 6.92 Å². The summed E-state index contributed by atoms with van der Waals surface area (Å²) in [5.41, 5.74) is 0.783. The Morgan fingerprint density at radius 1 is 1.38 bits per heavy atom. The fourth-order valence-corrected chi connectivity index (χ4v) is 4.30. The zero-order valence-corrected chi connectivity index (χ0v) is 16.0. The summed E-state index contributed by atoms with van der Waals surface area (Å²) in [6.07, 6.45) is 0.865. The lowest BCUT2D eigenvalue weighted by Crippen LogP contribution is -2.38. The second-order valence-electron chi connectivity index (χ2n) is 6.16. The van der Waals surface area contributed by atoms with Gasteiger partial charge in [0, 0.05) is 13.6 Å². The summed E-state index contributed by atoms with van der Waals surface area (Å²) in [5.74, 6) is 0.192. The number of sulfonamides is 1. The smallest absolute Gasteiger partial charge is 0.243 e. The Hall–Kier alpha value is -1.51. The number of aromatic nitrogens is 1. The highest BCUT2D eigenvalue weighted by Gasteiger charge is 2.23. The van der Waals surface area contributed by atoms with Crippen LogP contribution in [0.4, 0.5) is 0 Å². The van der Waals surface area contributed by atoms with E-state index in [1.165, 1.54) is 24.5 Å². The molecule has 0 bridgehead atoms. The Morgan fingerprint density at radius 2 is 2.08 bits per heavy atom. The standard InChI is InChI=1S/C16H23N3O3S2/c1-11(2)7-8-17-16(20)10-19(4)24(21,22)13-5-6-14-15(9-13)23-12(3)18-14/h5-6,9,11H,7-8,10H2,1-4H3,(H,17,20). The molecule has 0 saturated carbocycles. The second kappa shape index (κ2) is 7.58. The van der Waals surface area contributed by atoms with E-state index >= 15 is 0 Å². The Kier molecular flexibility index (Phi) is 5.95.